The topological polar surface area (TPSA) is 53.9 Å². The standard InChI is InChI=1S/C20H20N4O/c1-13-21-17-9-8-15(11-18(17)22-13)20(25)23(2)12-16-10-14-6-4-5-7-19(14)24(16)3/h4-11H,12H2,1-3H3,(H,21,22). The Labute approximate surface area is 145 Å². The van der Waals surface area contributed by atoms with E-state index in [4.69, 9.17) is 0 Å². The van der Waals surface area contributed by atoms with Crippen molar-refractivity contribution in [3.8, 4) is 0 Å². The van der Waals surface area contributed by atoms with Gasteiger partial charge in [-0.15, -0.1) is 0 Å². The van der Waals surface area contributed by atoms with Crippen molar-refractivity contribution < 1.29 is 4.79 Å². The van der Waals surface area contributed by atoms with E-state index in [1.807, 2.05) is 51.4 Å². The Hall–Kier alpha value is -3.08. The van der Waals surface area contributed by atoms with Crippen molar-refractivity contribution in [3.05, 3.63) is 65.6 Å². The van der Waals surface area contributed by atoms with E-state index in [9.17, 15) is 4.79 Å². The first-order valence-electron chi connectivity index (χ1n) is 8.28. The number of aromatic nitrogens is 3. The van der Waals surface area contributed by atoms with E-state index >= 15 is 0 Å². The summed E-state index contributed by atoms with van der Waals surface area (Å²) in [4.78, 5) is 22.1. The zero-order valence-corrected chi connectivity index (χ0v) is 14.6. The van der Waals surface area contributed by atoms with Crippen LogP contribution in [0.25, 0.3) is 21.9 Å². The average molecular weight is 332 g/mol. The molecule has 0 aliphatic heterocycles. The lowest BCUT2D eigenvalue weighted by Gasteiger charge is -2.18. The molecule has 0 fully saturated rings. The van der Waals surface area contributed by atoms with Gasteiger partial charge in [0, 0.05) is 30.9 Å². The van der Waals surface area contributed by atoms with Crippen molar-refractivity contribution in [2.24, 2.45) is 7.05 Å². The van der Waals surface area contributed by atoms with E-state index in [1.54, 1.807) is 4.90 Å². The summed E-state index contributed by atoms with van der Waals surface area (Å²) in [6, 6.07) is 16.0. The van der Waals surface area contributed by atoms with Gasteiger partial charge in [-0.1, -0.05) is 18.2 Å². The lowest BCUT2D eigenvalue weighted by molar-refractivity contribution is 0.0782. The molecule has 0 unspecified atom stereocenters. The van der Waals surface area contributed by atoms with Crippen molar-refractivity contribution in [1.29, 1.82) is 0 Å². The van der Waals surface area contributed by atoms with Gasteiger partial charge < -0.3 is 14.5 Å². The van der Waals surface area contributed by atoms with Gasteiger partial charge in [-0.2, -0.15) is 0 Å². The molecular weight excluding hydrogens is 312 g/mol. The minimum Gasteiger partial charge on any atom is -0.346 e. The molecule has 0 saturated carbocycles. The number of para-hydroxylation sites is 1. The van der Waals surface area contributed by atoms with E-state index in [0.29, 0.717) is 12.1 Å². The SMILES string of the molecule is Cc1nc2ccc(C(=O)N(C)Cc3cc4ccccc4n3C)cc2[nH]1. The van der Waals surface area contributed by atoms with Crippen LogP contribution in [0.4, 0.5) is 0 Å². The van der Waals surface area contributed by atoms with Crippen LogP contribution in [-0.2, 0) is 13.6 Å². The fraction of sp³-hybridized carbons (Fsp3) is 0.200. The van der Waals surface area contributed by atoms with Gasteiger partial charge >= 0.3 is 0 Å². The van der Waals surface area contributed by atoms with Crippen LogP contribution in [0, 0.1) is 6.92 Å². The van der Waals surface area contributed by atoms with E-state index < -0.39 is 0 Å². The number of carbonyl (C=O) groups excluding carboxylic acids is 1. The second kappa shape index (κ2) is 5.77. The van der Waals surface area contributed by atoms with Gasteiger partial charge in [0.2, 0.25) is 0 Å². The molecule has 1 amide bonds. The van der Waals surface area contributed by atoms with Crippen molar-refractivity contribution >= 4 is 27.8 Å². The molecule has 1 N–H and O–H groups in total. The maximum Gasteiger partial charge on any atom is 0.254 e. The predicted molar refractivity (Wildman–Crippen MR) is 99.5 cm³/mol. The lowest BCUT2D eigenvalue weighted by atomic mass is 10.1. The first-order valence-corrected chi connectivity index (χ1v) is 8.28. The van der Waals surface area contributed by atoms with E-state index in [0.717, 1.165) is 22.6 Å². The van der Waals surface area contributed by atoms with Gasteiger partial charge in [-0.3, -0.25) is 4.79 Å². The molecule has 0 aliphatic rings. The Kier molecular flexibility index (Phi) is 3.57. The van der Waals surface area contributed by atoms with Gasteiger partial charge in [0.25, 0.3) is 5.91 Å². The fourth-order valence-electron chi connectivity index (χ4n) is 3.30. The molecule has 25 heavy (non-hydrogen) atoms. The number of aromatic amines is 1. The molecule has 5 heteroatoms. The van der Waals surface area contributed by atoms with Crippen molar-refractivity contribution in [1.82, 2.24) is 19.4 Å². The van der Waals surface area contributed by atoms with Crippen LogP contribution in [0.5, 0.6) is 0 Å². The van der Waals surface area contributed by atoms with Crippen molar-refractivity contribution in [3.63, 3.8) is 0 Å². The molecule has 0 radical (unpaired) electrons. The van der Waals surface area contributed by atoms with Crippen LogP contribution in [-0.4, -0.2) is 32.4 Å². The third kappa shape index (κ3) is 2.67. The highest BCUT2D eigenvalue weighted by molar-refractivity contribution is 5.97. The number of H-pyrrole nitrogens is 1. The van der Waals surface area contributed by atoms with Crippen molar-refractivity contribution in [2.75, 3.05) is 7.05 Å². The largest absolute Gasteiger partial charge is 0.346 e. The smallest absolute Gasteiger partial charge is 0.254 e. The summed E-state index contributed by atoms with van der Waals surface area (Å²) in [5.41, 5.74) is 4.72. The molecule has 126 valence electrons. The van der Waals surface area contributed by atoms with Gasteiger partial charge in [-0.25, -0.2) is 4.98 Å². The van der Waals surface area contributed by atoms with Crippen LogP contribution in [0.15, 0.2) is 48.5 Å². The van der Waals surface area contributed by atoms with Crippen LogP contribution in [0.1, 0.15) is 21.9 Å². The van der Waals surface area contributed by atoms with Crippen LogP contribution in [0.3, 0.4) is 0 Å². The number of nitrogens with one attached hydrogen (secondary N) is 1. The number of hydrogen-bond donors (Lipinski definition) is 1. The Bertz CT molecular complexity index is 1090. The number of benzene rings is 2. The maximum atomic E-state index is 12.8. The van der Waals surface area contributed by atoms with Gasteiger partial charge in [0.1, 0.15) is 5.82 Å². The highest BCUT2D eigenvalue weighted by atomic mass is 16.2. The number of aryl methyl sites for hydroxylation is 2. The molecule has 2 heterocycles. The second-order valence-corrected chi connectivity index (χ2v) is 6.47. The average Bonchev–Trinajstić information content (AvgIpc) is 3.13. The molecule has 4 aromatic rings. The minimum absolute atomic E-state index is 0.000547. The van der Waals surface area contributed by atoms with Gasteiger partial charge in [0.05, 0.1) is 17.6 Å². The number of nitrogens with zero attached hydrogens (tertiary/aromatic N) is 3. The summed E-state index contributed by atoms with van der Waals surface area (Å²) in [7, 11) is 3.87. The molecular formula is C20H20N4O. The zero-order chi connectivity index (χ0) is 17.6. The quantitative estimate of drug-likeness (QED) is 0.623. The number of hydrogen-bond acceptors (Lipinski definition) is 2. The fourth-order valence-corrected chi connectivity index (χ4v) is 3.30. The number of imidazole rings is 1. The second-order valence-electron chi connectivity index (χ2n) is 6.47. The minimum atomic E-state index is -0.000547. The summed E-state index contributed by atoms with van der Waals surface area (Å²) < 4.78 is 2.14. The molecule has 0 saturated heterocycles. The molecule has 2 aromatic carbocycles. The number of rotatable bonds is 3. The van der Waals surface area contributed by atoms with Gasteiger partial charge in [-0.05, 0) is 42.6 Å². The monoisotopic (exact) mass is 332 g/mol. The maximum absolute atomic E-state index is 12.8. The third-order valence-corrected chi connectivity index (χ3v) is 4.64. The molecule has 5 nitrogen and oxygen atoms in total. The van der Waals surface area contributed by atoms with E-state index in [-0.39, 0.29) is 5.91 Å². The molecule has 2 aromatic heterocycles. The molecule has 0 bridgehead atoms. The van der Waals surface area contributed by atoms with Gasteiger partial charge in [0.15, 0.2) is 0 Å². The first-order chi connectivity index (χ1) is 12.0. The zero-order valence-electron chi connectivity index (χ0n) is 14.6. The summed E-state index contributed by atoms with van der Waals surface area (Å²) in [5.74, 6) is 0.850. The Balaban J connectivity index is 1.61. The van der Waals surface area contributed by atoms with Crippen LogP contribution in [0.2, 0.25) is 0 Å². The Morgan fingerprint density at radius 3 is 2.80 bits per heavy atom. The molecule has 0 aliphatic carbocycles. The Morgan fingerprint density at radius 1 is 1.20 bits per heavy atom. The van der Waals surface area contributed by atoms with Crippen LogP contribution >= 0.6 is 0 Å². The van der Waals surface area contributed by atoms with E-state index in [1.165, 1.54) is 10.9 Å². The van der Waals surface area contributed by atoms with Crippen molar-refractivity contribution in [2.45, 2.75) is 13.5 Å². The summed E-state index contributed by atoms with van der Waals surface area (Å²) in [5, 5.41) is 1.19. The summed E-state index contributed by atoms with van der Waals surface area (Å²) in [6.45, 7) is 2.47. The first kappa shape index (κ1) is 15.4. The number of fused-ring (bicyclic) bond motifs is 2. The Morgan fingerprint density at radius 2 is 2.00 bits per heavy atom. The third-order valence-electron chi connectivity index (χ3n) is 4.64. The predicted octanol–water partition coefficient (Wildman–Crippen LogP) is 3.64. The number of amides is 1. The molecule has 4 rings (SSSR count). The lowest BCUT2D eigenvalue weighted by Crippen LogP contribution is -2.27. The van der Waals surface area contributed by atoms with Crippen LogP contribution < -0.4 is 0 Å². The van der Waals surface area contributed by atoms with E-state index in [2.05, 4.69) is 32.7 Å². The summed E-state index contributed by atoms with van der Waals surface area (Å²) >= 11 is 0. The highest BCUT2D eigenvalue weighted by Gasteiger charge is 2.15. The summed E-state index contributed by atoms with van der Waals surface area (Å²) in [6.07, 6.45) is 0. The molecule has 0 atom stereocenters. The normalized spacial score (nSPS) is 11.3. The highest BCUT2D eigenvalue weighted by Crippen LogP contribution is 2.20. The molecule has 0 spiro atoms. The number of carbonyl (C=O) groups is 1.